The van der Waals surface area contributed by atoms with Gasteiger partial charge in [-0.2, -0.15) is 0 Å². The number of rotatable bonds is 3. The van der Waals surface area contributed by atoms with Crippen LogP contribution in [-0.4, -0.2) is 16.8 Å². The molecule has 6 heteroatoms. The highest BCUT2D eigenvalue weighted by Crippen LogP contribution is 2.32. The summed E-state index contributed by atoms with van der Waals surface area (Å²) in [5.74, 6) is 0.267. The van der Waals surface area contributed by atoms with E-state index >= 15 is 0 Å². The van der Waals surface area contributed by atoms with E-state index in [0.717, 1.165) is 12.8 Å². The van der Waals surface area contributed by atoms with Crippen LogP contribution in [0.1, 0.15) is 25.7 Å². The van der Waals surface area contributed by atoms with Crippen molar-refractivity contribution >= 4 is 23.1 Å². The number of carbonyl (C=O) groups excluding carboxylic acids is 1. The molecule has 0 heterocycles. The number of halogens is 1. The largest absolute Gasteiger partial charge is 0.483 e. The first-order valence-corrected chi connectivity index (χ1v) is 6.06. The van der Waals surface area contributed by atoms with Gasteiger partial charge in [0, 0.05) is 30.0 Å². The second-order valence-electron chi connectivity index (χ2n) is 4.24. The van der Waals surface area contributed by atoms with E-state index in [4.69, 9.17) is 16.3 Å². The second-order valence-corrected chi connectivity index (χ2v) is 4.68. The topological polar surface area (TPSA) is 69.4 Å². The Morgan fingerprint density at radius 1 is 1.44 bits per heavy atom. The molecule has 2 rings (SSSR count). The Kier molecular flexibility index (Phi) is 3.81. The highest BCUT2D eigenvalue weighted by molar-refractivity contribution is 6.30. The standard InChI is InChI=1S/C12H12ClNO4/c13-8-4-5-11(14(16)17)12(6-8)18-10-3-1-2-9(15)7-10/h4-6,10H,1-3,7H2. The fraction of sp³-hybridized carbons (Fsp3) is 0.417. The van der Waals surface area contributed by atoms with Gasteiger partial charge in [0.1, 0.15) is 11.9 Å². The minimum atomic E-state index is -0.518. The Morgan fingerprint density at radius 2 is 2.22 bits per heavy atom. The van der Waals surface area contributed by atoms with Crippen LogP contribution in [0.3, 0.4) is 0 Å². The van der Waals surface area contributed by atoms with Crippen molar-refractivity contribution in [3.63, 3.8) is 0 Å². The predicted octanol–water partition coefficient (Wildman–Crippen LogP) is 3.14. The van der Waals surface area contributed by atoms with Crippen molar-refractivity contribution in [2.24, 2.45) is 0 Å². The fourth-order valence-electron chi connectivity index (χ4n) is 2.00. The summed E-state index contributed by atoms with van der Waals surface area (Å²) in [4.78, 5) is 21.6. The highest BCUT2D eigenvalue weighted by Gasteiger charge is 2.24. The van der Waals surface area contributed by atoms with Crippen LogP contribution in [0.2, 0.25) is 5.02 Å². The number of ether oxygens (including phenoxy) is 1. The molecule has 0 amide bonds. The van der Waals surface area contributed by atoms with Gasteiger partial charge in [-0.1, -0.05) is 11.6 Å². The van der Waals surface area contributed by atoms with E-state index in [2.05, 4.69) is 0 Å². The quantitative estimate of drug-likeness (QED) is 0.624. The summed E-state index contributed by atoms with van der Waals surface area (Å²) in [5.41, 5.74) is -0.127. The van der Waals surface area contributed by atoms with Crippen LogP contribution in [0, 0.1) is 10.1 Å². The maximum Gasteiger partial charge on any atom is 0.311 e. The Hall–Kier alpha value is -1.62. The molecule has 5 nitrogen and oxygen atoms in total. The van der Waals surface area contributed by atoms with Crippen molar-refractivity contribution in [1.29, 1.82) is 0 Å². The average molecular weight is 270 g/mol. The van der Waals surface area contributed by atoms with Gasteiger partial charge in [0.2, 0.25) is 0 Å². The lowest BCUT2D eigenvalue weighted by atomic mass is 9.96. The van der Waals surface area contributed by atoms with E-state index in [1.165, 1.54) is 18.2 Å². The van der Waals surface area contributed by atoms with Crippen LogP contribution in [-0.2, 0) is 4.79 Å². The van der Waals surface area contributed by atoms with Crippen molar-refractivity contribution in [1.82, 2.24) is 0 Å². The van der Waals surface area contributed by atoms with Crippen LogP contribution in [0.4, 0.5) is 5.69 Å². The number of nitro groups is 1. The third kappa shape index (κ3) is 2.98. The van der Waals surface area contributed by atoms with Gasteiger partial charge in [0.25, 0.3) is 0 Å². The summed E-state index contributed by atoms with van der Waals surface area (Å²) in [7, 11) is 0. The van der Waals surface area contributed by atoms with Crippen LogP contribution in [0.15, 0.2) is 18.2 Å². The lowest BCUT2D eigenvalue weighted by Crippen LogP contribution is -2.25. The van der Waals surface area contributed by atoms with Crippen LogP contribution in [0.25, 0.3) is 0 Å². The SMILES string of the molecule is O=C1CCCC(Oc2cc(Cl)ccc2[N+](=O)[O-])C1. The minimum Gasteiger partial charge on any atom is -0.483 e. The van der Waals surface area contributed by atoms with Crippen molar-refractivity contribution in [2.45, 2.75) is 31.8 Å². The molecular formula is C12H12ClNO4. The number of Topliss-reactive ketones (excluding diaryl/α,β-unsaturated/α-hetero) is 1. The van der Waals surface area contributed by atoms with Crippen molar-refractivity contribution in [3.05, 3.63) is 33.3 Å². The Bertz CT molecular complexity index is 489. The normalized spacial score (nSPS) is 19.6. The number of ketones is 1. The summed E-state index contributed by atoms with van der Waals surface area (Å²) in [6.07, 6.45) is 2.08. The molecule has 1 aliphatic carbocycles. The molecule has 0 radical (unpaired) electrons. The first-order valence-electron chi connectivity index (χ1n) is 5.68. The molecule has 0 saturated heterocycles. The van der Waals surface area contributed by atoms with Gasteiger partial charge in [-0.05, 0) is 18.9 Å². The number of carbonyl (C=O) groups is 1. The number of benzene rings is 1. The Morgan fingerprint density at radius 3 is 2.89 bits per heavy atom. The molecule has 0 bridgehead atoms. The smallest absolute Gasteiger partial charge is 0.311 e. The summed E-state index contributed by atoms with van der Waals surface area (Å²) < 4.78 is 5.55. The minimum absolute atomic E-state index is 0.127. The number of nitro benzene ring substituents is 1. The molecule has 96 valence electrons. The first kappa shape index (κ1) is 12.8. The zero-order valence-corrected chi connectivity index (χ0v) is 10.4. The third-order valence-corrected chi connectivity index (χ3v) is 3.08. The monoisotopic (exact) mass is 269 g/mol. The lowest BCUT2D eigenvalue weighted by Gasteiger charge is -2.22. The van der Waals surface area contributed by atoms with E-state index in [1.54, 1.807) is 0 Å². The van der Waals surface area contributed by atoms with Gasteiger partial charge in [-0.15, -0.1) is 0 Å². The molecular weight excluding hydrogens is 258 g/mol. The third-order valence-electron chi connectivity index (χ3n) is 2.85. The lowest BCUT2D eigenvalue weighted by molar-refractivity contribution is -0.386. The van der Waals surface area contributed by atoms with Crippen LogP contribution in [0.5, 0.6) is 5.75 Å². The van der Waals surface area contributed by atoms with E-state index in [-0.39, 0.29) is 23.3 Å². The average Bonchev–Trinajstić information content (AvgIpc) is 2.28. The van der Waals surface area contributed by atoms with Crippen molar-refractivity contribution in [2.75, 3.05) is 0 Å². The Balaban J connectivity index is 2.19. The van der Waals surface area contributed by atoms with E-state index in [9.17, 15) is 14.9 Å². The van der Waals surface area contributed by atoms with Gasteiger partial charge >= 0.3 is 5.69 Å². The highest BCUT2D eigenvalue weighted by atomic mass is 35.5. The molecule has 1 aliphatic rings. The molecule has 0 aromatic heterocycles. The van der Waals surface area contributed by atoms with E-state index < -0.39 is 4.92 Å². The summed E-state index contributed by atoms with van der Waals surface area (Å²) in [6, 6.07) is 4.17. The first-order chi connectivity index (χ1) is 8.56. The summed E-state index contributed by atoms with van der Waals surface area (Å²) in [5, 5.41) is 11.2. The summed E-state index contributed by atoms with van der Waals surface area (Å²) >= 11 is 5.80. The van der Waals surface area contributed by atoms with Gasteiger partial charge in [0.05, 0.1) is 4.92 Å². The van der Waals surface area contributed by atoms with E-state index in [1.807, 2.05) is 0 Å². The summed E-state index contributed by atoms with van der Waals surface area (Å²) in [6.45, 7) is 0. The number of nitrogens with zero attached hydrogens (tertiary/aromatic N) is 1. The van der Waals surface area contributed by atoms with Crippen molar-refractivity contribution in [3.8, 4) is 5.75 Å². The van der Waals surface area contributed by atoms with Gasteiger partial charge in [-0.25, -0.2) is 0 Å². The molecule has 1 fully saturated rings. The molecule has 1 aromatic rings. The second kappa shape index (κ2) is 5.35. The Labute approximate surface area is 109 Å². The maximum atomic E-state index is 11.3. The molecule has 0 N–H and O–H groups in total. The maximum absolute atomic E-state index is 11.3. The molecule has 0 aliphatic heterocycles. The zero-order valence-electron chi connectivity index (χ0n) is 9.60. The molecule has 18 heavy (non-hydrogen) atoms. The van der Waals surface area contributed by atoms with Gasteiger partial charge in [-0.3, -0.25) is 14.9 Å². The number of hydrogen-bond donors (Lipinski definition) is 0. The molecule has 1 saturated carbocycles. The molecule has 0 spiro atoms. The van der Waals surface area contributed by atoms with Crippen molar-refractivity contribution < 1.29 is 14.5 Å². The van der Waals surface area contributed by atoms with Crippen LogP contribution < -0.4 is 4.74 Å². The van der Waals surface area contributed by atoms with Crippen LogP contribution >= 0.6 is 11.6 Å². The zero-order chi connectivity index (χ0) is 13.1. The van der Waals surface area contributed by atoms with E-state index in [0.29, 0.717) is 17.9 Å². The molecule has 1 unspecified atom stereocenters. The van der Waals surface area contributed by atoms with Gasteiger partial charge in [0.15, 0.2) is 5.75 Å². The predicted molar refractivity (Wildman–Crippen MR) is 66.0 cm³/mol. The van der Waals surface area contributed by atoms with Gasteiger partial charge < -0.3 is 4.74 Å². The molecule has 1 atom stereocenters. The molecule has 1 aromatic carbocycles. The fourth-order valence-corrected chi connectivity index (χ4v) is 2.16. The number of hydrogen-bond acceptors (Lipinski definition) is 4.